The Bertz CT molecular complexity index is 140. The van der Waals surface area contributed by atoms with E-state index in [1.165, 1.54) is 0 Å². The number of nitrogens with zero attached hydrogens (tertiary/aromatic N) is 1. The van der Waals surface area contributed by atoms with Crippen molar-refractivity contribution in [3.63, 3.8) is 0 Å². The normalized spacial score (nSPS) is 4.12. The Kier molecular flexibility index (Phi) is 388. The quantitative estimate of drug-likeness (QED) is 0.364. The summed E-state index contributed by atoms with van der Waals surface area (Å²) in [6, 6.07) is 0. The molecule has 0 aliphatic carbocycles. The minimum absolute atomic E-state index is 0. The average molecular weight is 429 g/mol. The van der Waals surface area contributed by atoms with Gasteiger partial charge in [-0.2, -0.15) is 0 Å². The maximum absolute atomic E-state index is 7.50. The van der Waals surface area contributed by atoms with Gasteiger partial charge in [0.1, 0.15) is 0 Å². The van der Waals surface area contributed by atoms with Crippen molar-refractivity contribution in [3.05, 3.63) is 33.3 Å². The predicted molar refractivity (Wildman–Crippen MR) is 52.3 cm³/mol. The van der Waals surface area contributed by atoms with E-state index in [-0.39, 0.29) is 21.1 Å². The van der Waals surface area contributed by atoms with E-state index >= 15 is 0 Å². The Labute approximate surface area is 119 Å². The maximum Gasteiger partial charge on any atom is 0 e. The molecule has 0 spiro atoms. The summed E-state index contributed by atoms with van der Waals surface area (Å²) in [6.45, 7) is 29.0. The Hall–Kier alpha value is -0.222. The van der Waals surface area contributed by atoms with Gasteiger partial charge in [-0.15, -0.1) is 0 Å². The van der Waals surface area contributed by atoms with E-state index in [0.717, 1.165) is 13.1 Å². The summed E-state index contributed by atoms with van der Waals surface area (Å²) in [7, 11) is 2.64. The third-order valence-electron chi connectivity index (χ3n) is 0.812. The van der Waals surface area contributed by atoms with E-state index < -0.39 is 0 Å². The van der Waals surface area contributed by atoms with Crippen molar-refractivity contribution >= 4 is 9.39 Å². The van der Waals surface area contributed by atoms with Crippen molar-refractivity contribution in [1.29, 1.82) is 0 Å². The topological polar surface area (TPSA) is 103 Å². The van der Waals surface area contributed by atoms with Crippen molar-refractivity contribution in [2.45, 2.75) is 13.8 Å². The van der Waals surface area contributed by atoms with Crippen LogP contribution in [0.2, 0.25) is 0 Å². The van der Waals surface area contributed by atoms with Gasteiger partial charge >= 0.3 is 56.5 Å². The monoisotopic (exact) mass is 429 g/mol. The van der Waals surface area contributed by atoms with Crippen molar-refractivity contribution in [1.82, 2.24) is 4.67 Å². The Morgan fingerprint density at radius 3 is 0.824 bits per heavy atom. The van der Waals surface area contributed by atoms with Crippen LogP contribution in [0.4, 0.5) is 0 Å². The molecule has 1 unspecified atom stereocenters. The third-order valence-corrected chi connectivity index (χ3v) is 1.54. The molecular weight excluding hydrogens is 417 g/mol. The summed E-state index contributed by atoms with van der Waals surface area (Å²) in [5, 5.41) is 0. The van der Waals surface area contributed by atoms with E-state index in [1.807, 2.05) is 0 Å². The molecule has 0 aliphatic rings. The van der Waals surface area contributed by atoms with Crippen molar-refractivity contribution in [2.24, 2.45) is 0 Å². The zero-order valence-electron chi connectivity index (χ0n) is 9.39. The van der Waals surface area contributed by atoms with E-state index in [0.29, 0.717) is 0 Å². The van der Waals surface area contributed by atoms with Crippen molar-refractivity contribution in [3.8, 4) is 0 Å². The van der Waals surface area contributed by atoms with Gasteiger partial charge in [-0.3, -0.25) is 4.67 Å². The largest absolute Gasteiger partial charge is 0 e. The first-order valence-electron chi connectivity index (χ1n) is 3.33. The predicted octanol–water partition coefficient (Wildman–Crippen LogP) is 0.928. The summed E-state index contributed by atoms with van der Waals surface area (Å²) in [6.07, 6.45) is 0. The fourth-order valence-corrected chi connectivity index (χ4v) is 0.224. The van der Waals surface area contributed by atoms with Crippen LogP contribution in [0, 0.1) is 33.3 Å². The smallest absolute Gasteiger partial charge is 0 e. The van der Waals surface area contributed by atoms with Gasteiger partial charge in [0.25, 0.3) is 0 Å². The SMILES string of the molecule is CCN(P)CC.[C-]#[O+].[C-]#[O+].[C-]#[O+].[C-]#[O+].[C-]#[O+].[W]. The minimum atomic E-state index is 0. The zero-order valence-corrected chi connectivity index (χ0v) is 13.5. The molecule has 0 aromatic carbocycles. The average Bonchev–Trinajstić information content (AvgIpc) is 2.48. The Morgan fingerprint density at radius 2 is 0.824 bits per heavy atom. The van der Waals surface area contributed by atoms with Crippen LogP contribution in [0.15, 0.2) is 0 Å². The first-order chi connectivity index (χ1) is 7.81. The van der Waals surface area contributed by atoms with E-state index in [4.69, 9.17) is 23.3 Å². The first kappa shape index (κ1) is 43.7. The van der Waals surface area contributed by atoms with Gasteiger partial charge in [-0.1, -0.05) is 23.2 Å². The Morgan fingerprint density at radius 1 is 0.706 bits per heavy atom. The standard InChI is InChI=1S/C4H12NP.5CO.W/c1-3-5(6)4-2;5*1-2;/h3-4,6H2,1-2H3;;;;;;. The summed E-state index contributed by atoms with van der Waals surface area (Å²) in [5.74, 6) is 0. The molecule has 17 heavy (non-hydrogen) atoms. The van der Waals surface area contributed by atoms with Crippen LogP contribution in [0.5, 0.6) is 0 Å². The first-order valence-corrected chi connectivity index (χ1v) is 3.84. The molecule has 0 fully saturated rings. The Balaban J connectivity index is -0.0000000158. The fourth-order valence-electron chi connectivity index (χ4n) is 0.224. The van der Waals surface area contributed by atoms with E-state index in [9.17, 15) is 0 Å². The minimum Gasteiger partial charge on any atom is 0 e. The van der Waals surface area contributed by atoms with Crippen LogP contribution in [-0.2, 0) is 44.3 Å². The maximum atomic E-state index is 7.50. The third kappa shape index (κ3) is 210. The molecule has 0 radical (unpaired) electrons. The molecule has 0 saturated heterocycles. The van der Waals surface area contributed by atoms with Gasteiger partial charge in [0.15, 0.2) is 0 Å². The summed E-state index contributed by atoms with van der Waals surface area (Å²) >= 11 is 0. The number of hydrogen-bond acceptors (Lipinski definition) is 1. The summed E-state index contributed by atoms with van der Waals surface area (Å²) in [4.78, 5) is 0. The van der Waals surface area contributed by atoms with Crippen molar-refractivity contribution in [2.75, 3.05) is 13.1 Å². The molecule has 0 saturated carbocycles. The molecule has 6 nitrogen and oxygen atoms in total. The summed E-state index contributed by atoms with van der Waals surface area (Å²) < 4.78 is 39.7. The molecule has 8 heteroatoms. The molecular formula is C9H12NO5PW. The molecule has 94 valence electrons. The second-order valence-electron chi connectivity index (χ2n) is 1.22. The molecule has 0 aromatic rings. The van der Waals surface area contributed by atoms with Crippen LogP contribution in [0.1, 0.15) is 13.8 Å². The van der Waals surface area contributed by atoms with Gasteiger partial charge in [-0.25, -0.2) is 0 Å². The molecule has 0 aromatic heterocycles. The van der Waals surface area contributed by atoms with Crippen LogP contribution in [0.25, 0.3) is 0 Å². The number of rotatable bonds is 2. The second-order valence-corrected chi connectivity index (χ2v) is 1.95. The van der Waals surface area contributed by atoms with E-state index in [1.54, 1.807) is 0 Å². The van der Waals surface area contributed by atoms with Gasteiger partial charge in [0, 0.05) is 21.1 Å². The molecule has 0 amide bonds. The van der Waals surface area contributed by atoms with Crippen LogP contribution >= 0.6 is 9.39 Å². The number of hydrogen-bond donors (Lipinski definition) is 0. The van der Waals surface area contributed by atoms with Crippen LogP contribution in [0.3, 0.4) is 0 Å². The second kappa shape index (κ2) is 151. The molecule has 0 rings (SSSR count). The van der Waals surface area contributed by atoms with E-state index in [2.05, 4.69) is 61.2 Å². The molecule has 0 N–H and O–H groups in total. The van der Waals surface area contributed by atoms with Gasteiger partial charge in [-0.05, 0) is 13.1 Å². The zero-order chi connectivity index (χ0) is 15.0. The van der Waals surface area contributed by atoms with Crippen LogP contribution < -0.4 is 0 Å². The molecule has 1 atom stereocenters. The fraction of sp³-hybridized carbons (Fsp3) is 0.444. The van der Waals surface area contributed by atoms with Crippen LogP contribution in [-0.4, -0.2) is 17.8 Å². The molecule has 0 heterocycles. The van der Waals surface area contributed by atoms with Gasteiger partial charge < -0.3 is 0 Å². The summed E-state index contributed by atoms with van der Waals surface area (Å²) in [5.41, 5.74) is 0. The molecule has 0 bridgehead atoms. The molecule has 0 aliphatic heterocycles. The van der Waals surface area contributed by atoms with Crippen molar-refractivity contribution < 1.29 is 44.3 Å². The van der Waals surface area contributed by atoms with Gasteiger partial charge in [0.2, 0.25) is 0 Å². The van der Waals surface area contributed by atoms with Gasteiger partial charge in [0.05, 0.1) is 0 Å².